The lowest BCUT2D eigenvalue weighted by Gasteiger charge is -2.09. The Hall–Kier alpha value is -3.86. The standard InChI is InChI=1S/C20H17N3O7S/c1-11-7-13(23(27)28)4-5-14(11)21-20-22-19(26)17(31-20)9-12-3-6-15(16(8-12)29-2)30-10-18(24)25/h3-9H,10H2,1-2H3,(H,24,25)(H,21,22,26)/b17-9+. The van der Waals surface area contributed by atoms with E-state index in [1.54, 1.807) is 31.2 Å². The summed E-state index contributed by atoms with van der Waals surface area (Å²) in [4.78, 5) is 38.1. The largest absolute Gasteiger partial charge is 0.493 e. The number of methoxy groups -OCH3 is 1. The van der Waals surface area contributed by atoms with Gasteiger partial charge in [0.15, 0.2) is 23.3 Å². The van der Waals surface area contributed by atoms with Crippen molar-refractivity contribution in [3.8, 4) is 11.5 Å². The SMILES string of the molecule is COc1cc(/C=C2/SC(=Nc3ccc([N+](=O)[O-])cc3C)NC2=O)ccc1OCC(=O)O. The lowest BCUT2D eigenvalue weighted by atomic mass is 10.2. The maximum atomic E-state index is 12.3. The molecule has 11 heteroatoms. The molecule has 0 bridgehead atoms. The van der Waals surface area contributed by atoms with Crippen LogP contribution in [0.15, 0.2) is 46.3 Å². The van der Waals surface area contributed by atoms with Crippen molar-refractivity contribution in [2.45, 2.75) is 6.92 Å². The molecule has 31 heavy (non-hydrogen) atoms. The fraction of sp³-hybridized carbons (Fsp3) is 0.150. The number of hydrogen-bond acceptors (Lipinski definition) is 8. The van der Waals surface area contributed by atoms with Gasteiger partial charge in [-0.3, -0.25) is 14.9 Å². The van der Waals surface area contributed by atoms with Crippen molar-refractivity contribution in [3.05, 3.63) is 62.5 Å². The Morgan fingerprint density at radius 1 is 1.29 bits per heavy atom. The number of thioether (sulfide) groups is 1. The first-order valence-corrected chi connectivity index (χ1v) is 9.65. The second-order valence-corrected chi connectivity index (χ2v) is 7.33. The summed E-state index contributed by atoms with van der Waals surface area (Å²) in [6.07, 6.45) is 1.63. The number of aliphatic imine (C=N–C) groups is 1. The second kappa shape index (κ2) is 9.30. The van der Waals surface area contributed by atoms with E-state index >= 15 is 0 Å². The molecule has 0 saturated carbocycles. The quantitative estimate of drug-likeness (QED) is 0.377. The molecule has 1 amide bonds. The van der Waals surface area contributed by atoms with Crippen LogP contribution in [0.3, 0.4) is 0 Å². The Morgan fingerprint density at radius 2 is 2.06 bits per heavy atom. The summed E-state index contributed by atoms with van der Waals surface area (Å²) in [5.74, 6) is -0.850. The molecule has 0 aliphatic carbocycles. The van der Waals surface area contributed by atoms with Gasteiger partial charge in [-0.1, -0.05) is 6.07 Å². The van der Waals surface area contributed by atoms with E-state index in [4.69, 9.17) is 14.6 Å². The van der Waals surface area contributed by atoms with Crippen LogP contribution in [0.2, 0.25) is 0 Å². The summed E-state index contributed by atoms with van der Waals surface area (Å²) in [5.41, 5.74) is 1.73. The molecule has 2 N–H and O–H groups in total. The highest BCUT2D eigenvalue weighted by Gasteiger charge is 2.24. The molecule has 0 spiro atoms. The van der Waals surface area contributed by atoms with Crippen molar-refractivity contribution in [3.63, 3.8) is 0 Å². The molecule has 1 heterocycles. The zero-order valence-electron chi connectivity index (χ0n) is 16.4. The van der Waals surface area contributed by atoms with Crippen molar-refractivity contribution in [2.24, 2.45) is 4.99 Å². The van der Waals surface area contributed by atoms with Crippen LogP contribution in [0.5, 0.6) is 11.5 Å². The average Bonchev–Trinajstić information content (AvgIpc) is 3.06. The number of rotatable bonds is 7. The molecule has 0 radical (unpaired) electrons. The predicted octanol–water partition coefficient (Wildman–Crippen LogP) is 3.27. The van der Waals surface area contributed by atoms with Crippen LogP contribution in [-0.4, -0.2) is 40.8 Å². The number of amides is 1. The number of nitrogens with zero attached hydrogens (tertiary/aromatic N) is 2. The molecule has 160 valence electrons. The van der Waals surface area contributed by atoms with Gasteiger partial charge in [0.1, 0.15) is 0 Å². The first-order chi connectivity index (χ1) is 14.8. The summed E-state index contributed by atoms with van der Waals surface area (Å²) >= 11 is 1.13. The molecule has 2 aromatic carbocycles. The van der Waals surface area contributed by atoms with Gasteiger partial charge in [0, 0.05) is 12.1 Å². The number of carbonyl (C=O) groups excluding carboxylic acids is 1. The van der Waals surface area contributed by atoms with Crippen LogP contribution in [0.25, 0.3) is 6.08 Å². The van der Waals surface area contributed by atoms with E-state index in [1.807, 2.05) is 0 Å². The minimum atomic E-state index is -1.11. The van der Waals surface area contributed by atoms with Crippen LogP contribution in [0, 0.1) is 17.0 Å². The Balaban J connectivity index is 1.80. The van der Waals surface area contributed by atoms with Crippen molar-refractivity contribution in [1.29, 1.82) is 0 Å². The third-order valence-corrected chi connectivity index (χ3v) is 5.01. The van der Waals surface area contributed by atoms with E-state index in [0.29, 0.717) is 32.6 Å². The first kappa shape index (κ1) is 21.8. The highest BCUT2D eigenvalue weighted by atomic mass is 32.2. The zero-order chi connectivity index (χ0) is 22.5. The number of carbonyl (C=O) groups is 2. The average molecular weight is 443 g/mol. The number of aryl methyl sites for hydroxylation is 1. The van der Waals surface area contributed by atoms with E-state index in [1.165, 1.54) is 25.3 Å². The number of nitro groups is 1. The Bertz CT molecular complexity index is 1130. The lowest BCUT2D eigenvalue weighted by Crippen LogP contribution is -2.19. The number of non-ortho nitro benzene ring substituents is 1. The number of aliphatic carboxylic acids is 1. The lowest BCUT2D eigenvalue weighted by molar-refractivity contribution is -0.384. The molecule has 10 nitrogen and oxygen atoms in total. The van der Waals surface area contributed by atoms with E-state index < -0.39 is 17.5 Å². The number of carboxylic acids is 1. The van der Waals surface area contributed by atoms with Crippen LogP contribution in [-0.2, 0) is 9.59 Å². The third kappa shape index (κ3) is 5.39. The molecule has 0 atom stereocenters. The fourth-order valence-corrected chi connectivity index (χ4v) is 3.49. The molecule has 1 aliphatic heterocycles. The number of nitrogens with one attached hydrogen (secondary N) is 1. The van der Waals surface area contributed by atoms with E-state index in [9.17, 15) is 19.7 Å². The topological polar surface area (TPSA) is 140 Å². The van der Waals surface area contributed by atoms with Crippen LogP contribution in [0.4, 0.5) is 11.4 Å². The molecule has 1 saturated heterocycles. The first-order valence-electron chi connectivity index (χ1n) is 8.84. The molecule has 3 rings (SSSR count). The normalized spacial score (nSPS) is 15.7. The Morgan fingerprint density at radius 3 is 2.71 bits per heavy atom. The number of amidine groups is 1. The monoisotopic (exact) mass is 443 g/mol. The fourth-order valence-electron chi connectivity index (χ4n) is 2.65. The Kier molecular flexibility index (Phi) is 6.55. The third-order valence-electron chi connectivity index (χ3n) is 4.10. The molecular formula is C20H17N3O7S. The van der Waals surface area contributed by atoms with Gasteiger partial charge < -0.3 is 19.9 Å². The van der Waals surface area contributed by atoms with Crippen molar-refractivity contribution >= 4 is 46.3 Å². The predicted molar refractivity (Wildman–Crippen MR) is 115 cm³/mol. The van der Waals surface area contributed by atoms with Gasteiger partial charge in [-0.05, 0) is 54.1 Å². The molecule has 1 fully saturated rings. The van der Waals surface area contributed by atoms with Gasteiger partial charge in [0.05, 0.1) is 22.6 Å². The van der Waals surface area contributed by atoms with Crippen LogP contribution in [0.1, 0.15) is 11.1 Å². The van der Waals surface area contributed by atoms with Gasteiger partial charge >= 0.3 is 5.97 Å². The molecular weight excluding hydrogens is 426 g/mol. The van der Waals surface area contributed by atoms with Gasteiger partial charge in [-0.25, -0.2) is 9.79 Å². The maximum absolute atomic E-state index is 12.3. The smallest absolute Gasteiger partial charge is 0.341 e. The maximum Gasteiger partial charge on any atom is 0.341 e. The number of nitro benzene ring substituents is 1. The molecule has 0 aromatic heterocycles. The van der Waals surface area contributed by atoms with Crippen molar-refractivity contribution in [2.75, 3.05) is 13.7 Å². The van der Waals surface area contributed by atoms with Gasteiger partial charge in [0.2, 0.25) is 0 Å². The number of benzene rings is 2. The zero-order valence-corrected chi connectivity index (χ0v) is 17.3. The molecule has 2 aromatic rings. The minimum absolute atomic E-state index is 0.0325. The summed E-state index contributed by atoms with van der Waals surface area (Å²) in [6, 6.07) is 9.13. The summed E-state index contributed by atoms with van der Waals surface area (Å²) in [5, 5.41) is 22.6. The summed E-state index contributed by atoms with van der Waals surface area (Å²) in [7, 11) is 1.42. The van der Waals surface area contributed by atoms with E-state index in [0.717, 1.165) is 11.8 Å². The number of hydrogen-bond donors (Lipinski definition) is 2. The molecule has 1 aliphatic rings. The van der Waals surface area contributed by atoms with Crippen LogP contribution < -0.4 is 14.8 Å². The van der Waals surface area contributed by atoms with Gasteiger partial charge in [0.25, 0.3) is 11.6 Å². The van der Waals surface area contributed by atoms with Crippen LogP contribution >= 0.6 is 11.8 Å². The van der Waals surface area contributed by atoms with Crippen molar-refractivity contribution in [1.82, 2.24) is 5.32 Å². The van der Waals surface area contributed by atoms with Crippen molar-refractivity contribution < 1.29 is 29.1 Å². The van der Waals surface area contributed by atoms with Gasteiger partial charge in [-0.2, -0.15) is 0 Å². The van der Waals surface area contributed by atoms with E-state index in [-0.39, 0.29) is 17.3 Å². The number of carboxylic acid groups (broad SMARTS) is 1. The molecule has 0 unspecified atom stereocenters. The highest BCUT2D eigenvalue weighted by Crippen LogP contribution is 2.33. The minimum Gasteiger partial charge on any atom is -0.493 e. The van der Waals surface area contributed by atoms with E-state index in [2.05, 4.69) is 10.3 Å². The number of ether oxygens (including phenoxy) is 2. The van der Waals surface area contributed by atoms with Gasteiger partial charge in [-0.15, -0.1) is 0 Å². The summed E-state index contributed by atoms with van der Waals surface area (Å²) < 4.78 is 10.4. The Labute approximate surface area is 180 Å². The summed E-state index contributed by atoms with van der Waals surface area (Å²) in [6.45, 7) is 1.20. The second-order valence-electron chi connectivity index (χ2n) is 6.30. The highest BCUT2D eigenvalue weighted by molar-refractivity contribution is 8.18.